The van der Waals surface area contributed by atoms with Crippen LogP contribution in [0.3, 0.4) is 0 Å². The molecule has 2 aromatic rings. The van der Waals surface area contributed by atoms with Gasteiger partial charge in [0, 0.05) is 57.0 Å². The summed E-state index contributed by atoms with van der Waals surface area (Å²) in [6.07, 6.45) is 7.35. The van der Waals surface area contributed by atoms with Gasteiger partial charge in [-0.15, -0.1) is 10.2 Å². The van der Waals surface area contributed by atoms with E-state index in [4.69, 9.17) is 0 Å². The highest BCUT2D eigenvalue weighted by Gasteiger charge is 2.30. The molecule has 3 aliphatic rings. The number of hydrogen-bond donors (Lipinski definition) is 0. The first-order valence-corrected chi connectivity index (χ1v) is 9.48. The summed E-state index contributed by atoms with van der Waals surface area (Å²) in [7, 11) is 2.18. The molecule has 0 radical (unpaired) electrons. The third-order valence-electron chi connectivity index (χ3n) is 5.97. The molecule has 5 rings (SSSR count). The van der Waals surface area contributed by atoms with E-state index in [0.29, 0.717) is 5.92 Å². The zero-order chi connectivity index (χ0) is 16.8. The molecule has 7 nitrogen and oxygen atoms in total. The number of hydrogen-bond acceptors (Lipinski definition) is 6. The first-order valence-electron chi connectivity index (χ1n) is 9.48. The highest BCUT2D eigenvalue weighted by Crippen LogP contribution is 2.33. The van der Waals surface area contributed by atoms with E-state index in [0.717, 1.165) is 64.2 Å². The van der Waals surface area contributed by atoms with Gasteiger partial charge in [-0.3, -0.25) is 0 Å². The lowest BCUT2D eigenvalue weighted by atomic mass is 9.95. The molecule has 5 heterocycles. The van der Waals surface area contributed by atoms with E-state index in [1.54, 1.807) is 6.33 Å². The normalized spacial score (nSPS) is 21.4. The van der Waals surface area contributed by atoms with Crippen molar-refractivity contribution in [2.24, 2.45) is 0 Å². The summed E-state index contributed by atoms with van der Waals surface area (Å²) in [5.74, 6) is 4.10. The van der Waals surface area contributed by atoms with Crippen molar-refractivity contribution in [2.75, 3.05) is 31.6 Å². The van der Waals surface area contributed by atoms with Crippen molar-refractivity contribution >= 4 is 5.82 Å². The molecule has 0 spiro atoms. The number of anilines is 1. The smallest absolute Gasteiger partial charge is 0.136 e. The van der Waals surface area contributed by atoms with Crippen molar-refractivity contribution in [3.63, 3.8) is 0 Å². The molecular formula is C18H25N7. The third kappa shape index (κ3) is 2.61. The highest BCUT2D eigenvalue weighted by molar-refractivity contribution is 5.50. The zero-order valence-corrected chi connectivity index (χ0v) is 14.9. The molecule has 0 atom stereocenters. The first-order chi connectivity index (χ1) is 12.3. The summed E-state index contributed by atoms with van der Waals surface area (Å²) in [4.78, 5) is 14.0. The van der Waals surface area contributed by atoms with E-state index in [2.05, 4.69) is 41.6 Å². The van der Waals surface area contributed by atoms with Crippen LogP contribution in [0.5, 0.6) is 0 Å². The van der Waals surface area contributed by atoms with Crippen molar-refractivity contribution in [3.8, 4) is 0 Å². The van der Waals surface area contributed by atoms with Crippen LogP contribution in [0.2, 0.25) is 0 Å². The molecule has 0 aromatic carbocycles. The lowest BCUT2D eigenvalue weighted by Crippen LogP contribution is -2.37. The Kier molecular flexibility index (Phi) is 3.69. The summed E-state index contributed by atoms with van der Waals surface area (Å²) in [6, 6.07) is 0. The van der Waals surface area contributed by atoms with Crippen LogP contribution in [0.25, 0.3) is 0 Å². The van der Waals surface area contributed by atoms with Crippen LogP contribution >= 0.6 is 0 Å². The van der Waals surface area contributed by atoms with Gasteiger partial charge in [-0.2, -0.15) is 0 Å². The average Bonchev–Trinajstić information content (AvgIpc) is 3.25. The lowest BCUT2D eigenvalue weighted by Gasteiger charge is -2.35. The standard InChI is InChI=1S/C18H25N7/c1-23-8-6-15-14(11-23)18(20-12-19-15)24-9-4-13(5-10-24)17-22-21-16-3-2-7-25(16)17/h12-13H,2-11H2,1H3. The Morgan fingerprint density at radius 1 is 1.00 bits per heavy atom. The van der Waals surface area contributed by atoms with Crippen molar-refractivity contribution in [1.29, 1.82) is 0 Å². The number of fused-ring (bicyclic) bond motifs is 2. The minimum atomic E-state index is 0.538. The Morgan fingerprint density at radius 2 is 1.88 bits per heavy atom. The van der Waals surface area contributed by atoms with Crippen LogP contribution < -0.4 is 4.90 Å². The lowest BCUT2D eigenvalue weighted by molar-refractivity contribution is 0.308. The molecule has 0 N–H and O–H groups in total. The fourth-order valence-corrected chi connectivity index (χ4v) is 4.56. The second-order valence-electron chi connectivity index (χ2n) is 7.60. The number of rotatable bonds is 2. The molecule has 0 amide bonds. The van der Waals surface area contributed by atoms with Crippen LogP contribution in [0.15, 0.2) is 6.33 Å². The summed E-state index contributed by atoms with van der Waals surface area (Å²) in [5.41, 5.74) is 2.57. The fourth-order valence-electron chi connectivity index (χ4n) is 4.56. The maximum absolute atomic E-state index is 4.65. The monoisotopic (exact) mass is 339 g/mol. The maximum Gasteiger partial charge on any atom is 0.136 e. The molecule has 0 bridgehead atoms. The Hall–Kier alpha value is -2.02. The van der Waals surface area contributed by atoms with E-state index in [9.17, 15) is 0 Å². The van der Waals surface area contributed by atoms with Crippen molar-refractivity contribution < 1.29 is 0 Å². The average molecular weight is 339 g/mol. The molecule has 7 heteroatoms. The summed E-state index contributed by atoms with van der Waals surface area (Å²) in [5, 5.41) is 8.89. The Bertz CT molecular complexity index is 776. The van der Waals surface area contributed by atoms with Gasteiger partial charge >= 0.3 is 0 Å². The molecule has 132 valence electrons. The van der Waals surface area contributed by atoms with Crippen LogP contribution in [-0.2, 0) is 25.9 Å². The predicted molar refractivity (Wildman–Crippen MR) is 94.6 cm³/mol. The summed E-state index contributed by atoms with van der Waals surface area (Å²) >= 11 is 0. The van der Waals surface area contributed by atoms with E-state index in [1.807, 2.05) is 0 Å². The van der Waals surface area contributed by atoms with Gasteiger partial charge in [0.2, 0.25) is 0 Å². The van der Waals surface area contributed by atoms with Gasteiger partial charge in [-0.05, 0) is 26.3 Å². The quantitative estimate of drug-likeness (QED) is 0.824. The van der Waals surface area contributed by atoms with Gasteiger partial charge in [0.25, 0.3) is 0 Å². The minimum Gasteiger partial charge on any atom is -0.356 e. The molecule has 1 fully saturated rings. The topological polar surface area (TPSA) is 63.0 Å². The van der Waals surface area contributed by atoms with Crippen LogP contribution in [0.1, 0.15) is 48.1 Å². The summed E-state index contributed by atoms with van der Waals surface area (Å²) in [6.45, 7) is 5.23. The van der Waals surface area contributed by atoms with Crippen molar-refractivity contribution in [3.05, 3.63) is 29.2 Å². The molecular weight excluding hydrogens is 314 g/mol. The number of nitrogens with zero attached hydrogens (tertiary/aromatic N) is 7. The molecule has 1 saturated heterocycles. The van der Waals surface area contributed by atoms with Gasteiger partial charge in [0.15, 0.2) is 0 Å². The number of likely N-dealkylation sites (N-methyl/N-ethyl adjacent to an activating group) is 1. The SMILES string of the molecule is CN1CCc2ncnc(N3CCC(c4nnc5n4CCC5)CC3)c2C1. The zero-order valence-electron chi connectivity index (χ0n) is 14.9. The Labute approximate surface area is 148 Å². The summed E-state index contributed by atoms with van der Waals surface area (Å²) < 4.78 is 2.36. The van der Waals surface area contributed by atoms with Gasteiger partial charge in [0.05, 0.1) is 5.69 Å². The van der Waals surface area contributed by atoms with Gasteiger partial charge < -0.3 is 14.4 Å². The van der Waals surface area contributed by atoms with Crippen LogP contribution in [0, 0.1) is 0 Å². The fraction of sp³-hybridized carbons (Fsp3) is 0.667. The maximum atomic E-state index is 4.65. The third-order valence-corrected chi connectivity index (χ3v) is 5.97. The molecule has 25 heavy (non-hydrogen) atoms. The van der Waals surface area contributed by atoms with Gasteiger partial charge in [0.1, 0.15) is 23.8 Å². The number of piperidine rings is 1. The van der Waals surface area contributed by atoms with E-state index >= 15 is 0 Å². The minimum absolute atomic E-state index is 0.538. The Morgan fingerprint density at radius 3 is 2.76 bits per heavy atom. The first kappa shape index (κ1) is 15.3. The van der Waals surface area contributed by atoms with Crippen molar-refractivity contribution in [1.82, 2.24) is 29.6 Å². The number of aromatic nitrogens is 5. The second kappa shape index (κ2) is 6.05. The molecule has 3 aliphatic heterocycles. The molecule has 0 saturated carbocycles. The number of aryl methyl sites for hydroxylation is 1. The largest absolute Gasteiger partial charge is 0.356 e. The van der Waals surface area contributed by atoms with E-state index in [1.165, 1.54) is 29.3 Å². The van der Waals surface area contributed by atoms with Gasteiger partial charge in [-0.1, -0.05) is 0 Å². The van der Waals surface area contributed by atoms with Gasteiger partial charge in [-0.25, -0.2) is 9.97 Å². The van der Waals surface area contributed by atoms with Crippen LogP contribution in [0.4, 0.5) is 5.82 Å². The van der Waals surface area contributed by atoms with Crippen molar-refractivity contribution in [2.45, 2.75) is 51.1 Å². The molecule has 0 aliphatic carbocycles. The van der Waals surface area contributed by atoms with E-state index in [-0.39, 0.29) is 0 Å². The van der Waals surface area contributed by atoms with Crippen LogP contribution in [-0.4, -0.2) is 56.3 Å². The molecule has 2 aromatic heterocycles. The highest BCUT2D eigenvalue weighted by atomic mass is 15.3. The predicted octanol–water partition coefficient (Wildman–Crippen LogP) is 1.39. The Balaban J connectivity index is 1.34. The molecule has 0 unspecified atom stereocenters. The van der Waals surface area contributed by atoms with E-state index < -0.39 is 0 Å². The second-order valence-corrected chi connectivity index (χ2v) is 7.60.